The lowest BCUT2D eigenvalue weighted by atomic mass is 10.0. The molecule has 0 radical (unpaired) electrons. The van der Waals surface area contributed by atoms with Gasteiger partial charge in [-0.25, -0.2) is 8.42 Å². The number of amides is 2. The highest BCUT2D eigenvalue weighted by Crippen LogP contribution is 2.21. The molecule has 0 aromatic heterocycles. The van der Waals surface area contributed by atoms with E-state index in [4.69, 9.17) is 0 Å². The molecular formula is C27H39N3O4S. The highest BCUT2D eigenvalue weighted by Gasteiger charge is 2.29. The molecule has 0 aliphatic carbocycles. The Kier molecular flexibility index (Phi) is 10.3. The molecule has 0 saturated heterocycles. The summed E-state index contributed by atoms with van der Waals surface area (Å²) >= 11 is 0. The van der Waals surface area contributed by atoms with Gasteiger partial charge in [0.25, 0.3) is 0 Å². The fourth-order valence-corrected chi connectivity index (χ4v) is 5.02. The number of nitrogens with one attached hydrogen (secondary N) is 1. The molecule has 2 aromatic rings. The normalized spacial score (nSPS) is 12.3. The minimum Gasteiger partial charge on any atom is -0.352 e. The molecule has 1 atom stereocenters. The molecule has 1 N–H and O–H groups in total. The SMILES string of the molecule is CCC(C(=O)NC(C)C)N(Cc1ccccc1C)C(=O)CCCN(c1cccc(C)c1)S(C)(=O)=O. The van der Waals surface area contributed by atoms with Crippen molar-refractivity contribution in [2.24, 2.45) is 0 Å². The Balaban J connectivity index is 2.23. The molecule has 7 nitrogen and oxygen atoms in total. The first-order chi connectivity index (χ1) is 16.4. The number of sulfonamides is 1. The molecule has 2 amide bonds. The summed E-state index contributed by atoms with van der Waals surface area (Å²) in [7, 11) is -3.51. The van der Waals surface area contributed by atoms with Crippen LogP contribution in [-0.4, -0.2) is 50.0 Å². The Bertz CT molecular complexity index is 1110. The standard InChI is InChI=1S/C27H39N3O4S/c1-7-25(27(32)28-20(2)3)29(19-23-14-9-8-13-22(23)5)26(31)16-11-17-30(35(6,33)34)24-15-10-12-21(4)18-24/h8-10,12-15,18,20,25H,7,11,16-17,19H2,1-6H3,(H,28,32). The molecule has 2 aromatic carbocycles. The predicted molar refractivity (Wildman–Crippen MR) is 142 cm³/mol. The van der Waals surface area contributed by atoms with Crippen LogP contribution >= 0.6 is 0 Å². The molecule has 0 bridgehead atoms. The molecule has 2 rings (SSSR count). The number of anilines is 1. The van der Waals surface area contributed by atoms with Gasteiger partial charge in [-0.3, -0.25) is 13.9 Å². The summed E-state index contributed by atoms with van der Waals surface area (Å²) in [5.74, 6) is -0.348. The fourth-order valence-electron chi connectivity index (χ4n) is 4.06. The summed E-state index contributed by atoms with van der Waals surface area (Å²) in [5, 5.41) is 2.93. The van der Waals surface area contributed by atoms with Gasteiger partial charge in [-0.15, -0.1) is 0 Å². The Hall–Kier alpha value is -2.87. The van der Waals surface area contributed by atoms with Crippen LogP contribution in [0.3, 0.4) is 0 Å². The van der Waals surface area contributed by atoms with E-state index in [1.54, 1.807) is 11.0 Å². The number of nitrogens with zero attached hydrogens (tertiary/aromatic N) is 2. The van der Waals surface area contributed by atoms with Gasteiger partial charge in [0.2, 0.25) is 21.8 Å². The molecule has 0 heterocycles. The monoisotopic (exact) mass is 501 g/mol. The van der Waals surface area contributed by atoms with Crippen molar-refractivity contribution >= 4 is 27.5 Å². The highest BCUT2D eigenvalue weighted by molar-refractivity contribution is 7.92. The second-order valence-electron chi connectivity index (χ2n) is 9.31. The molecule has 0 aliphatic rings. The lowest BCUT2D eigenvalue weighted by Gasteiger charge is -2.32. The van der Waals surface area contributed by atoms with E-state index in [1.807, 2.05) is 77.1 Å². The maximum atomic E-state index is 13.4. The summed E-state index contributed by atoms with van der Waals surface area (Å²) in [6, 6.07) is 14.5. The number of hydrogen-bond acceptors (Lipinski definition) is 4. The van der Waals surface area contributed by atoms with Crippen molar-refractivity contribution < 1.29 is 18.0 Å². The summed E-state index contributed by atoms with van der Waals surface area (Å²) in [4.78, 5) is 28.0. The smallest absolute Gasteiger partial charge is 0.243 e. The summed E-state index contributed by atoms with van der Waals surface area (Å²) < 4.78 is 26.2. The number of carbonyl (C=O) groups is 2. The Morgan fingerprint density at radius 3 is 2.29 bits per heavy atom. The molecule has 35 heavy (non-hydrogen) atoms. The van der Waals surface area contributed by atoms with E-state index in [1.165, 1.54) is 10.6 Å². The van der Waals surface area contributed by atoms with Crippen molar-refractivity contribution in [1.82, 2.24) is 10.2 Å². The van der Waals surface area contributed by atoms with E-state index in [2.05, 4.69) is 5.32 Å². The Morgan fingerprint density at radius 1 is 1.03 bits per heavy atom. The van der Waals surface area contributed by atoms with E-state index in [-0.39, 0.29) is 30.8 Å². The van der Waals surface area contributed by atoms with Crippen molar-refractivity contribution in [3.05, 3.63) is 65.2 Å². The third-order valence-electron chi connectivity index (χ3n) is 5.86. The lowest BCUT2D eigenvalue weighted by molar-refractivity contribution is -0.141. The van der Waals surface area contributed by atoms with E-state index in [0.29, 0.717) is 25.1 Å². The van der Waals surface area contributed by atoms with Gasteiger partial charge in [-0.1, -0.05) is 43.3 Å². The fraction of sp³-hybridized carbons (Fsp3) is 0.481. The molecule has 0 fully saturated rings. The van der Waals surface area contributed by atoms with Crippen LogP contribution in [0.15, 0.2) is 48.5 Å². The molecule has 0 spiro atoms. The molecule has 0 aliphatic heterocycles. The van der Waals surface area contributed by atoms with Crippen LogP contribution in [0.5, 0.6) is 0 Å². The van der Waals surface area contributed by atoms with Crippen LogP contribution in [0.25, 0.3) is 0 Å². The number of hydrogen-bond donors (Lipinski definition) is 1. The van der Waals surface area contributed by atoms with E-state index in [9.17, 15) is 18.0 Å². The molecule has 1 unspecified atom stereocenters. The van der Waals surface area contributed by atoms with E-state index < -0.39 is 16.1 Å². The molecular weight excluding hydrogens is 462 g/mol. The maximum absolute atomic E-state index is 13.4. The van der Waals surface area contributed by atoms with Gasteiger partial charge in [-0.05, 0) is 69.4 Å². The minimum absolute atomic E-state index is 0.0374. The first-order valence-electron chi connectivity index (χ1n) is 12.1. The van der Waals surface area contributed by atoms with E-state index >= 15 is 0 Å². The molecule has 8 heteroatoms. The highest BCUT2D eigenvalue weighted by atomic mass is 32.2. The van der Waals surface area contributed by atoms with Crippen molar-refractivity contribution in [2.45, 2.75) is 72.5 Å². The number of aryl methyl sites for hydroxylation is 2. The second kappa shape index (κ2) is 12.7. The summed E-state index contributed by atoms with van der Waals surface area (Å²) in [6.07, 6.45) is 2.13. The maximum Gasteiger partial charge on any atom is 0.243 e. The Morgan fingerprint density at radius 2 is 1.71 bits per heavy atom. The zero-order valence-electron chi connectivity index (χ0n) is 21.7. The minimum atomic E-state index is -3.51. The second-order valence-corrected chi connectivity index (χ2v) is 11.2. The average Bonchev–Trinajstić information content (AvgIpc) is 2.76. The van der Waals surface area contributed by atoms with Crippen molar-refractivity contribution in [3.8, 4) is 0 Å². The lowest BCUT2D eigenvalue weighted by Crippen LogP contribution is -2.50. The molecule has 192 valence electrons. The number of carbonyl (C=O) groups excluding carboxylic acids is 2. The van der Waals surface area contributed by atoms with E-state index in [0.717, 1.165) is 16.7 Å². The van der Waals surface area contributed by atoms with Gasteiger partial charge in [0.05, 0.1) is 11.9 Å². The van der Waals surface area contributed by atoms with Crippen LogP contribution in [0.4, 0.5) is 5.69 Å². The van der Waals surface area contributed by atoms with Crippen molar-refractivity contribution in [3.63, 3.8) is 0 Å². The largest absolute Gasteiger partial charge is 0.352 e. The van der Waals surface area contributed by atoms with Gasteiger partial charge < -0.3 is 10.2 Å². The zero-order chi connectivity index (χ0) is 26.2. The quantitative estimate of drug-likeness (QED) is 0.473. The number of benzene rings is 2. The molecule has 0 saturated carbocycles. The van der Waals surface area contributed by atoms with Crippen molar-refractivity contribution in [1.29, 1.82) is 0 Å². The zero-order valence-corrected chi connectivity index (χ0v) is 22.6. The summed E-state index contributed by atoms with van der Waals surface area (Å²) in [5.41, 5.74) is 3.57. The topological polar surface area (TPSA) is 86.8 Å². The number of rotatable bonds is 12. The van der Waals surface area contributed by atoms with Gasteiger partial charge >= 0.3 is 0 Å². The van der Waals surface area contributed by atoms with Crippen LogP contribution in [-0.2, 0) is 26.2 Å². The average molecular weight is 502 g/mol. The predicted octanol–water partition coefficient (Wildman–Crippen LogP) is 4.18. The summed E-state index contributed by atoms with van der Waals surface area (Å²) in [6.45, 7) is 10.1. The van der Waals surface area contributed by atoms with Crippen LogP contribution in [0.2, 0.25) is 0 Å². The van der Waals surface area contributed by atoms with Gasteiger partial charge in [0.1, 0.15) is 6.04 Å². The van der Waals surface area contributed by atoms with Crippen LogP contribution < -0.4 is 9.62 Å². The van der Waals surface area contributed by atoms with Crippen molar-refractivity contribution in [2.75, 3.05) is 17.1 Å². The van der Waals surface area contributed by atoms with Gasteiger partial charge in [0, 0.05) is 25.6 Å². The van der Waals surface area contributed by atoms with Crippen LogP contribution in [0, 0.1) is 13.8 Å². The third-order valence-corrected chi connectivity index (χ3v) is 7.05. The van der Waals surface area contributed by atoms with Crippen LogP contribution in [0.1, 0.15) is 56.7 Å². The first-order valence-corrected chi connectivity index (χ1v) is 14.0. The first kappa shape index (κ1) is 28.4. The third kappa shape index (κ3) is 8.38. The van der Waals surface area contributed by atoms with Gasteiger partial charge in [-0.2, -0.15) is 0 Å². The Labute approximate surface area is 210 Å². The van der Waals surface area contributed by atoms with Gasteiger partial charge in [0.15, 0.2) is 0 Å².